The maximum Gasteiger partial charge on any atom is 0.136 e. The number of pyridine rings is 1. The van der Waals surface area contributed by atoms with E-state index in [0.717, 1.165) is 15.3 Å². The molecule has 2 heterocycles. The summed E-state index contributed by atoms with van der Waals surface area (Å²) in [7, 11) is 3.57. The predicted molar refractivity (Wildman–Crippen MR) is 122 cm³/mol. The lowest BCUT2D eigenvalue weighted by atomic mass is 9.98. The number of nitrogens with zero attached hydrogens (tertiary/aromatic N) is 3. The number of nitrogens with one attached hydrogen (secondary N) is 2. The lowest BCUT2D eigenvalue weighted by Crippen LogP contribution is -2.15. The Hall–Kier alpha value is -2.63. The van der Waals surface area contributed by atoms with E-state index in [4.69, 9.17) is 28.9 Å². The van der Waals surface area contributed by atoms with Crippen molar-refractivity contribution in [1.82, 2.24) is 10.3 Å². The van der Waals surface area contributed by atoms with E-state index in [1.165, 1.54) is 17.7 Å². The Labute approximate surface area is 183 Å². The Morgan fingerprint density at radius 3 is 2.69 bits per heavy atom. The third-order valence-electron chi connectivity index (χ3n) is 4.28. The van der Waals surface area contributed by atoms with E-state index in [9.17, 15) is 5.26 Å². The van der Waals surface area contributed by atoms with E-state index in [0.29, 0.717) is 32.6 Å². The minimum Gasteiger partial charge on any atom is -0.390 e. The number of aromatic nitrogens is 1. The van der Waals surface area contributed by atoms with Crippen molar-refractivity contribution >= 4 is 46.7 Å². The van der Waals surface area contributed by atoms with Crippen LogP contribution in [0.15, 0.2) is 41.5 Å². The highest BCUT2D eigenvalue weighted by molar-refractivity contribution is 7.16. The molecule has 3 rings (SSSR count). The average Bonchev–Trinajstić information content (AvgIpc) is 3.11. The summed E-state index contributed by atoms with van der Waals surface area (Å²) < 4.78 is 0. The molecule has 0 saturated carbocycles. The molecule has 0 radical (unpaired) electrons. The Kier molecular flexibility index (Phi) is 6.72. The van der Waals surface area contributed by atoms with Gasteiger partial charge in [0, 0.05) is 34.4 Å². The fourth-order valence-corrected chi connectivity index (χ4v) is 4.80. The van der Waals surface area contributed by atoms with Crippen molar-refractivity contribution in [3.63, 3.8) is 0 Å². The Morgan fingerprint density at radius 1 is 1.28 bits per heavy atom. The van der Waals surface area contributed by atoms with Crippen molar-refractivity contribution in [2.75, 3.05) is 19.4 Å². The second-order valence-electron chi connectivity index (χ2n) is 5.95. The number of rotatable bonds is 6. The van der Waals surface area contributed by atoms with Gasteiger partial charge < -0.3 is 11.1 Å². The zero-order chi connectivity index (χ0) is 21.0. The van der Waals surface area contributed by atoms with Crippen LogP contribution in [0, 0.1) is 11.3 Å². The highest BCUT2D eigenvalue weighted by Gasteiger charge is 2.26. The van der Waals surface area contributed by atoms with Gasteiger partial charge >= 0.3 is 0 Å². The fourth-order valence-electron chi connectivity index (χ4n) is 2.98. The van der Waals surface area contributed by atoms with E-state index in [-0.39, 0.29) is 0 Å². The van der Waals surface area contributed by atoms with Crippen LogP contribution in [0.5, 0.6) is 0 Å². The molecule has 0 fully saturated rings. The summed E-state index contributed by atoms with van der Waals surface area (Å²) in [6, 6.07) is 11.3. The molecule has 3 aromatic rings. The van der Waals surface area contributed by atoms with E-state index in [1.54, 1.807) is 32.4 Å². The van der Waals surface area contributed by atoms with Gasteiger partial charge in [-0.3, -0.25) is 10.3 Å². The molecule has 0 aliphatic heterocycles. The first-order valence-corrected chi connectivity index (χ1v) is 10.2. The Morgan fingerprint density at radius 2 is 2.07 bits per heavy atom. The molecule has 0 spiro atoms. The van der Waals surface area contributed by atoms with Gasteiger partial charge in [-0.2, -0.15) is 5.26 Å². The molecule has 6 nitrogen and oxygen atoms in total. The van der Waals surface area contributed by atoms with Crippen molar-refractivity contribution in [1.29, 1.82) is 5.26 Å². The summed E-state index contributed by atoms with van der Waals surface area (Å²) in [6.45, 7) is 0. The number of thiophene rings is 1. The number of benzene rings is 1. The zero-order valence-corrected chi connectivity index (χ0v) is 18.0. The smallest absolute Gasteiger partial charge is 0.136 e. The quantitative estimate of drug-likeness (QED) is 0.370. The van der Waals surface area contributed by atoms with Gasteiger partial charge in [-0.25, -0.2) is 4.98 Å². The van der Waals surface area contributed by atoms with E-state index >= 15 is 0 Å². The van der Waals surface area contributed by atoms with Crippen molar-refractivity contribution in [2.24, 2.45) is 10.7 Å². The molecule has 0 aliphatic rings. The summed E-state index contributed by atoms with van der Waals surface area (Å²) in [5.74, 6) is 0.706. The van der Waals surface area contributed by atoms with Crippen LogP contribution in [-0.2, 0) is 0 Å². The largest absolute Gasteiger partial charge is 0.390 e. The van der Waals surface area contributed by atoms with Crippen LogP contribution in [0.3, 0.4) is 0 Å². The molecule has 0 amide bonds. The molecular weight excluding hydrogens is 427 g/mol. The van der Waals surface area contributed by atoms with Gasteiger partial charge in [-0.05, 0) is 36.9 Å². The maximum absolute atomic E-state index is 10.1. The van der Waals surface area contributed by atoms with Crippen molar-refractivity contribution in [3.05, 3.63) is 57.0 Å². The number of nitrogens with two attached hydrogens (primary N) is 1. The topological polar surface area (TPSA) is 99.1 Å². The van der Waals surface area contributed by atoms with Gasteiger partial charge in [0.2, 0.25) is 0 Å². The third-order valence-corrected chi connectivity index (χ3v) is 6.12. The first-order chi connectivity index (χ1) is 14.0. The summed E-state index contributed by atoms with van der Waals surface area (Å²) in [5, 5.41) is 17.2. The van der Waals surface area contributed by atoms with Crippen LogP contribution in [0.4, 0.5) is 5.82 Å². The average molecular weight is 445 g/mol. The summed E-state index contributed by atoms with van der Waals surface area (Å²) in [6.07, 6.45) is 2.51. The van der Waals surface area contributed by atoms with Crippen LogP contribution in [0.1, 0.15) is 16.6 Å². The first kappa shape index (κ1) is 21.1. The molecule has 148 valence electrons. The molecule has 1 unspecified atom stereocenters. The molecule has 4 N–H and O–H groups in total. The van der Waals surface area contributed by atoms with Gasteiger partial charge in [-0.1, -0.05) is 29.3 Å². The highest BCUT2D eigenvalue weighted by atomic mass is 35.5. The Balaban J connectivity index is 2.35. The fraction of sp³-hybridized carbons (Fsp3) is 0.150. The third kappa shape index (κ3) is 4.21. The van der Waals surface area contributed by atoms with Gasteiger partial charge in [0.05, 0.1) is 21.7 Å². The lowest BCUT2D eigenvalue weighted by Gasteiger charge is -2.13. The molecule has 0 bridgehead atoms. The van der Waals surface area contributed by atoms with Gasteiger partial charge in [0.1, 0.15) is 18.1 Å². The molecule has 1 atom stereocenters. The molecule has 9 heteroatoms. The molecule has 1 aromatic carbocycles. The van der Waals surface area contributed by atoms with Crippen molar-refractivity contribution < 1.29 is 0 Å². The number of nitriles is 1. The second-order valence-corrected chi connectivity index (χ2v) is 7.85. The Bertz CT molecular complexity index is 1100. The SMILES string of the molecule is CNc1cc(-c2sc(C(/N=C\N)NC)c(-c3ccc(Cl)cc3Cl)c2C#N)ccn1. The van der Waals surface area contributed by atoms with Crippen LogP contribution < -0.4 is 16.4 Å². The summed E-state index contributed by atoms with van der Waals surface area (Å²) in [5.41, 5.74) is 8.35. The van der Waals surface area contributed by atoms with Crippen LogP contribution >= 0.6 is 34.5 Å². The van der Waals surface area contributed by atoms with Gasteiger partial charge in [0.25, 0.3) is 0 Å². The minimum atomic E-state index is -0.432. The minimum absolute atomic E-state index is 0.432. The maximum atomic E-state index is 10.1. The molecular formula is C20H18Cl2N6S. The summed E-state index contributed by atoms with van der Waals surface area (Å²) >= 11 is 14.0. The highest BCUT2D eigenvalue weighted by Crippen LogP contribution is 2.47. The molecule has 0 saturated heterocycles. The number of halogens is 2. The number of anilines is 1. The number of hydrogen-bond acceptors (Lipinski definition) is 6. The first-order valence-electron chi connectivity index (χ1n) is 8.61. The standard InChI is InChI=1S/C20H18Cl2N6S/c1-25-16-7-11(5-6-27-16)18-14(9-23)17(13-4-3-12(21)8-15(13)22)19(29-18)20(26-2)28-10-24/h3-8,10,20,26H,1-2H3,(H2,24,28)(H,25,27). The van der Waals surface area contributed by atoms with Gasteiger partial charge in [0.15, 0.2) is 0 Å². The number of hydrogen-bond donors (Lipinski definition) is 3. The van der Waals surface area contributed by atoms with Crippen LogP contribution in [-0.4, -0.2) is 25.4 Å². The second kappa shape index (κ2) is 9.25. The number of aliphatic imine (C=N–C) groups is 1. The lowest BCUT2D eigenvalue weighted by molar-refractivity contribution is 0.639. The molecule has 0 aliphatic carbocycles. The summed E-state index contributed by atoms with van der Waals surface area (Å²) in [4.78, 5) is 10.2. The zero-order valence-electron chi connectivity index (χ0n) is 15.7. The monoisotopic (exact) mass is 444 g/mol. The van der Waals surface area contributed by atoms with Crippen LogP contribution in [0.25, 0.3) is 21.6 Å². The van der Waals surface area contributed by atoms with Crippen molar-refractivity contribution in [3.8, 4) is 27.6 Å². The molecule has 2 aromatic heterocycles. The predicted octanol–water partition coefficient (Wildman–Crippen LogP) is 4.90. The van der Waals surface area contributed by atoms with Crippen molar-refractivity contribution in [2.45, 2.75) is 6.17 Å². The van der Waals surface area contributed by atoms with Gasteiger partial charge in [-0.15, -0.1) is 11.3 Å². The van der Waals surface area contributed by atoms with E-state index < -0.39 is 6.17 Å². The van der Waals surface area contributed by atoms with Crippen LogP contribution in [0.2, 0.25) is 10.0 Å². The normalized spacial score (nSPS) is 12.1. The van der Waals surface area contributed by atoms with E-state index in [2.05, 4.69) is 26.7 Å². The molecule has 29 heavy (non-hydrogen) atoms. The van der Waals surface area contributed by atoms with E-state index in [1.807, 2.05) is 18.2 Å².